The predicted molar refractivity (Wildman–Crippen MR) is 93.4 cm³/mol. The first-order valence-corrected chi connectivity index (χ1v) is 9.11. The monoisotopic (exact) mass is 378 g/mol. The van der Waals surface area contributed by atoms with Crippen LogP contribution in [0.4, 0.5) is 10.7 Å². The molecule has 0 atom stereocenters. The Bertz CT molecular complexity index is 691. The van der Waals surface area contributed by atoms with Crippen LogP contribution in [0.3, 0.4) is 0 Å². The summed E-state index contributed by atoms with van der Waals surface area (Å²) in [6, 6.07) is 1.73. The van der Waals surface area contributed by atoms with Gasteiger partial charge in [0.25, 0.3) is 5.24 Å². The van der Waals surface area contributed by atoms with E-state index in [9.17, 15) is 19.2 Å². The van der Waals surface area contributed by atoms with E-state index in [1.54, 1.807) is 18.5 Å². The van der Waals surface area contributed by atoms with Gasteiger partial charge in [0, 0.05) is 51.7 Å². The zero-order valence-electron chi connectivity index (χ0n) is 14.0. The molecule has 0 bridgehead atoms. The van der Waals surface area contributed by atoms with Crippen LogP contribution in [0.15, 0.2) is 18.5 Å². The van der Waals surface area contributed by atoms with Crippen molar-refractivity contribution in [3.63, 3.8) is 0 Å². The Morgan fingerprint density at radius 3 is 2.42 bits per heavy atom. The van der Waals surface area contributed by atoms with Gasteiger partial charge in [-0.25, -0.2) is 9.97 Å². The largest absolute Gasteiger partial charge is 0.346 e. The minimum absolute atomic E-state index is 0.0560. The molecule has 3 heterocycles. The van der Waals surface area contributed by atoms with Crippen molar-refractivity contribution in [2.45, 2.75) is 0 Å². The van der Waals surface area contributed by atoms with Gasteiger partial charge in [-0.3, -0.25) is 24.1 Å². The highest BCUT2D eigenvalue weighted by Crippen LogP contribution is 2.17. The number of carbonyl (C=O) groups excluding carboxylic acids is 4. The van der Waals surface area contributed by atoms with E-state index in [0.29, 0.717) is 32.1 Å². The van der Waals surface area contributed by atoms with Gasteiger partial charge in [-0.2, -0.15) is 0 Å². The Morgan fingerprint density at radius 2 is 1.81 bits per heavy atom. The lowest BCUT2D eigenvalue weighted by Crippen LogP contribution is -2.53. The van der Waals surface area contributed by atoms with Gasteiger partial charge < -0.3 is 15.1 Å². The number of imide groups is 1. The Labute approximate surface area is 153 Å². The first kappa shape index (κ1) is 18.1. The molecule has 0 saturated carbocycles. The molecule has 4 amide bonds. The summed E-state index contributed by atoms with van der Waals surface area (Å²) in [5.74, 6) is -0.906. The molecule has 2 fully saturated rings. The number of thioether (sulfide) groups is 1. The summed E-state index contributed by atoms with van der Waals surface area (Å²) in [7, 11) is 0. The molecule has 2 aliphatic rings. The van der Waals surface area contributed by atoms with Crippen molar-refractivity contribution in [3.8, 4) is 0 Å². The van der Waals surface area contributed by atoms with Crippen LogP contribution in [-0.4, -0.2) is 87.7 Å². The number of hydrogen-bond acceptors (Lipinski definition) is 8. The Kier molecular flexibility index (Phi) is 5.66. The summed E-state index contributed by atoms with van der Waals surface area (Å²) in [5, 5.41) is 2.14. The first-order valence-electron chi connectivity index (χ1n) is 8.12. The number of aromatic nitrogens is 2. The van der Waals surface area contributed by atoms with Crippen LogP contribution < -0.4 is 10.2 Å². The molecule has 26 heavy (non-hydrogen) atoms. The summed E-state index contributed by atoms with van der Waals surface area (Å²) in [4.78, 5) is 60.0. The van der Waals surface area contributed by atoms with Crippen LogP contribution in [-0.2, 0) is 14.4 Å². The van der Waals surface area contributed by atoms with Gasteiger partial charge in [-0.15, -0.1) is 0 Å². The van der Waals surface area contributed by atoms with Crippen LogP contribution in [0.2, 0.25) is 0 Å². The van der Waals surface area contributed by atoms with Gasteiger partial charge in [-0.1, -0.05) is 11.8 Å². The van der Waals surface area contributed by atoms with E-state index < -0.39 is 11.8 Å². The van der Waals surface area contributed by atoms with E-state index in [-0.39, 0.29) is 30.0 Å². The maximum absolute atomic E-state index is 12.2. The number of hydrogen-bond donors (Lipinski definition) is 1. The standard InChI is InChI=1S/C15H18N6O4S/c22-11-10-26-15(25)21(11)5-4-16-12(23)13(24)19-6-8-20(9-7-19)14-17-2-1-3-18-14/h1-3H,4-10H2,(H,16,23). The summed E-state index contributed by atoms with van der Waals surface area (Å²) in [6.07, 6.45) is 3.31. The molecule has 0 unspecified atom stereocenters. The third kappa shape index (κ3) is 4.10. The van der Waals surface area contributed by atoms with Gasteiger partial charge in [0.1, 0.15) is 0 Å². The van der Waals surface area contributed by atoms with Gasteiger partial charge in [0.2, 0.25) is 11.9 Å². The lowest BCUT2D eigenvalue weighted by Gasteiger charge is -2.34. The minimum Gasteiger partial charge on any atom is -0.346 e. The molecule has 1 aromatic heterocycles. The molecule has 0 radical (unpaired) electrons. The van der Waals surface area contributed by atoms with E-state index in [1.165, 1.54) is 4.90 Å². The Hall–Kier alpha value is -2.69. The van der Waals surface area contributed by atoms with Crippen molar-refractivity contribution in [3.05, 3.63) is 18.5 Å². The number of nitrogens with one attached hydrogen (secondary N) is 1. The molecular formula is C15H18N6O4S. The van der Waals surface area contributed by atoms with Crippen molar-refractivity contribution in [2.24, 2.45) is 0 Å². The van der Waals surface area contributed by atoms with Gasteiger partial charge in [-0.05, 0) is 6.07 Å². The lowest BCUT2D eigenvalue weighted by molar-refractivity contribution is -0.146. The Morgan fingerprint density at radius 1 is 1.12 bits per heavy atom. The van der Waals surface area contributed by atoms with Gasteiger partial charge in [0.15, 0.2) is 0 Å². The zero-order chi connectivity index (χ0) is 18.5. The highest BCUT2D eigenvalue weighted by molar-refractivity contribution is 8.14. The maximum atomic E-state index is 12.2. The second kappa shape index (κ2) is 8.13. The second-order valence-electron chi connectivity index (χ2n) is 5.68. The molecule has 0 aromatic carbocycles. The van der Waals surface area contributed by atoms with Crippen molar-refractivity contribution >= 4 is 40.7 Å². The van der Waals surface area contributed by atoms with E-state index in [0.717, 1.165) is 16.7 Å². The number of amides is 4. The van der Waals surface area contributed by atoms with Crippen LogP contribution in [0.1, 0.15) is 0 Å². The third-order valence-corrected chi connectivity index (χ3v) is 4.92. The topological polar surface area (TPSA) is 116 Å². The summed E-state index contributed by atoms with van der Waals surface area (Å²) in [6.45, 7) is 1.99. The number of anilines is 1. The van der Waals surface area contributed by atoms with E-state index in [1.807, 2.05) is 4.90 Å². The van der Waals surface area contributed by atoms with Crippen molar-refractivity contribution in [1.82, 2.24) is 25.1 Å². The molecule has 1 N–H and O–H groups in total. The second-order valence-corrected chi connectivity index (χ2v) is 6.61. The third-order valence-electron chi connectivity index (χ3n) is 4.06. The fourth-order valence-corrected chi connectivity index (χ4v) is 3.41. The van der Waals surface area contributed by atoms with E-state index >= 15 is 0 Å². The number of nitrogens with zero attached hydrogens (tertiary/aromatic N) is 5. The summed E-state index contributed by atoms with van der Waals surface area (Å²) in [5.41, 5.74) is 0. The normalized spacial score (nSPS) is 17.6. The average molecular weight is 378 g/mol. The van der Waals surface area contributed by atoms with Crippen molar-refractivity contribution < 1.29 is 19.2 Å². The molecule has 1 aromatic rings. The summed E-state index contributed by atoms with van der Waals surface area (Å²) < 4.78 is 0. The molecular weight excluding hydrogens is 360 g/mol. The smallest absolute Gasteiger partial charge is 0.312 e. The molecule has 2 saturated heterocycles. The van der Waals surface area contributed by atoms with Crippen molar-refractivity contribution in [1.29, 1.82) is 0 Å². The average Bonchev–Trinajstić information content (AvgIpc) is 3.00. The zero-order valence-corrected chi connectivity index (χ0v) is 14.8. The summed E-state index contributed by atoms with van der Waals surface area (Å²) >= 11 is 0.934. The number of carbonyl (C=O) groups is 4. The van der Waals surface area contributed by atoms with Crippen LogP contribution in [0, 0.1) is 0 Å². The molecule has 3 rings (SSSR count). The Balaban J connectivity index is 1.42. The fraction of sp³-hybridized carbons (Fsp3) is 0.467. The van der Waals surface area contributed by atoms with Crippen molar-refractivity contribution in [2.75, 3.05) is 49.9 Å². The van der Waals surface area contributed by atoms with Crippen LogP contribution in [0.5, 0.6) is 0 Å². The van der Waals surface area contributed by atoms with E-state index in [2.05, 4.69) is 15.3 Å². The first-order chi connectivity index (χ1) is 12.6. The molecule has 11 heteroatoms. The molecule has 2 aliphatic heterocycles. The highest BCUT2D eigenvalue weighted by Gasteiger charge is 2.30. The molecule has 0 spiro atoms. The highest BCUT2D eigenvalue weighted by atomic mass is 32.2. The van der Waals surface area contributed by atoms with Gasteiger partial charge in [0.05, 0.1) is 5.75 Å². The van der Waals surface area contributed by atoms with E-state index in [4.69, 9.17) is 0 Å². The maximum Gasteiger partial charge on any atom is 0.312 e. The van der Waals surface area contributed by atoms with Crippen LogP contribution >= 0.6 is 11.8 Å². The number of piperazine rings is 1. The predicted octanol–water partition coefficient (Wildman–Crippen LogP) is -1.06. The minimum atomic E-state index is -0.735. The quantitative estimate of drug-likeness (QED) is 0.659. The van der Waals surface area contributed by atoms with Gasteiger partial charge >= 0.3 is 11.8 Å². The lowest BCUT2D eigenvalue weighted by atomic mass is 10.3. The molecule has 0 aliphatic carbocycles. The molecule has 138 valence electrons. The van der Waals surface area contributed by atoms with Crippen LogP contribution in [0.25, 0.3) is 0 Å². The number of rotatable bonds is 4. The fourth-order valence-electron chi connectivity index (χ4n) is 2.66. The molecule has 10 nitrogen and oxygen atoms in total. The SMILES string of the molecule is O=C(NCCN1C(=O)CSC1=O)C(=O)N1CCN(c2ncccn2)CC1.